The largest absolute Gasteiger partial charge is 0.489 e. The van der Waals surface area contributed by atoms with Crippen molar-refractivity contribution in [3.8, 4) is 5.75 Å². The number of imidazole rings is 1. The van der Waals surface area contributed by atoms with Crippen molar-refractivity contribution in [3.05, 3.63) is 58.9 Å². The summed E-state index contributed by atoms with van der Waals surface area (Å²) in [5, 5.41) is 3.08. The number of fused-ring (bicyclic) bond motifs is 2. The van der Waals surface area contributed by atoms with E-state index in [1.54, 1.807) is 0 Å². The standard InChI is InChI=1S/C24H30N4O2/c1-15-6-8-22-19(11-15)14-28(13-17(3)30-22)10-9-23(29)25-18(4)24-26-20-7-5-16(2)12-21(20)27-24/h5-8,11-12,17-18H,9-10,13-14H2,1-4H3,(H,25,29)(H,26,27). The molecule has 6 nitrogen and oxygen atoms in total. The second-order valence-corrected chi connectivity index (χ2v) is 8.46. The van der Waals surface area contributed by atoms with Crippen LogP contribution in [0.3, 0.4) is 0 Å². The molecule has 1 aliphatic heterocycles. The summed E-state index contributed by atoms with van der Waals surface area (Å²) in [5.41, 5.74) is 5.51. The van der Waals surface area contributed by atoms with Gasteiger partial charge in [-0.05, 0) is 51.5 Å². The number of aromatic nitrogens is 2. The van der Waals surface area contributed by atoms with Crippen molar-refractivity contribution in [2.24, 2.45) is 0 Å². The lowest BCUT2D eigenvalue weighted by Crippen LogP contribution is -2.35. The summed E-state index contributed by atoms with van der Waals surface area (Å²) in [5.74, 6) is 1.76. The molecule has 0 fully saturated rings. The Morgan fingerprint density at radius 2 is 2.03 bits per heavy atom. The van der Waals surface area contributed by atoms with E-state index < -0.39 is 0 Å². The Morgan fingerprint density at radius 3 is 2.87 bits per heavy atom. The maximum Gasteiger partial charge on any atom is 0.221 e. The molecule has 0 saturated carbocycles. The fraction of sp³-hybridized carbons (Fsp3) is 0.417. The van der Waals surface area contributed by atoms with Crippen LogP contribution in [-0.4, -0.2) is 40.0 Å². The molecule has 2 N–H and O–H groups in total. The van der Waals surface area contributed by atoms with Gasteiger partial charge < -0.3 is 15.0 Å². The van der Waals surface area contributed by atoms with Gasteiger partial charge in [-0.2, -0.15) is 0 Å². The number of ether oxygens (including phenoxy) is 1. The van der Waals surface area contributed by atoms with Crippen LogP contribution in [0.1, 0.15) is 48.8 Å². The van der Waals surface area contributed by atoms with E-state index in [1.165, 1.54) is 16.7 Å². The lowest BCUT2D eigenvalue weighted by molar-refractivity contribution is -0.122. The molecule has 1 amide bonds. The van der Waals surface area contributed by atoms with E-state index in [9.17, 15) is 4.79 Å². The lowest BCUT2D eigenvalue weighted by Gasteiger charge is -2.22. The molecule has 2 atom stereocenters. The van der Waals surface area contributed by atoms with Crippen LogP contribution in [0.15, 0.2) is 36.4 Å². The Morgan fingerprint density at radius 1 is 1.27 bits per heavy atom. The van der Waals surface area contributed by atoms with E-state index >= 15 is 0 Å². The van der Waals surface area contributed by atoms with Gasteiger partial charge >= 0.3 is 0 Å². The Bertz CT molecular complexity index is 1060. The molecule has 2 aromatic carbocycles. The van der Waals surface area contributed by atoms with E-state index in [-0.39, 0.29) is 18.1 Å². The highest BCUT2D eigenvalue weighted by Crippen LogP contribution is 2.26. The first-order valence-corrected chi connectivity index (χ1v) is 10.6. The van der Waals surface area contributed by atoms with Crippen molar-refractivity contribution >= 4 is 16.9 Å². The van der Waals surface area contributed by atoms with E-state index in [0.717, 1.165) is 35.7 Å². The molecule has 3 aromatic rings. The lowest BCUT2D eigenvalue weighted by atomic mass is 10.1. The number of aromatic amines is 1. The van der Waals surface area contributed by atoms with Crippen molar-refractivity contribution in [2.45, 2.75) is 52.8 Å². The molecule has 0 saturated heterocycles. The number of carbonyl (C=O) groups is 1. The first-order chi connectivity index (χ1) is 14.4. The molecule has 0 radical (unpaired) electrons. The molecule has 1 aliphatic rings. The predicted octanol–water partition coefficient (Wildman–Crippen LogP) is 4.03. The third-order valence-electron chi connectivity index (χ3n) is 5.55. The predicted molar refractivity (Wildman–Crippen MR) is 119 cm³/mol. The second-order valence-electron chi connectivity index (χ2n) is 8.46. The Hall–Kier alpha value is -2.86. The van der Waals surface area contributed by atoms with Crippen LogP contribution in [0.4, 0.5) is 0 Å². The number of rotatable bonds is 5. The van der Waals surface area contributed by atoms with Crippen molar-refractivity contribution in [2.75, 3.05) is 13.1 Å². The molecule has 1 aromatic heterocycles. The summed E-state index contributed by atoms with van der Waals surface area (Å²) in [6.07, 6.45) is 0.535. The second kappa shape index (κ2) is 8.48. The molecule has 4 rings (SSSR count). The smallest absolute Gasteiger partial charge is 0.221 e. The minimum absolute atomic E-state index is 0.0291. The van der Waals surface area contributed by atoms with Crippen molar-refractivity contribution < 1.29 is 9.53 Å². The van der Waals surface area contributed by atoms with Crippen LogP contribution in [0.2, 0.25) is 0 Å². The zero-order chi connectivity index (χ0) is 21.3. The average molecular weight is 407 g/mol. The summed E-state index contributed by atoms with van der Waals surface area (Å²) < 4.78 is 6.05. The van der Waals surface area contributed by atoms with Gasteiger partial charge in [0, 0.05) is 31.6 Å². The maximum absolute atomic E-state index is 12.6. The van der Waals surface area contributed by atoms with Crippen molar-refractivity contribution in [1.82, 2.24) is 20.2 Å². The van der Waals surface area contributed by atoms with Crippen LogP contribution >= 0.6 is 0 Å². The number of hydrogen-bond acceptors (Lipinski definition) is 4. The number of hydrogen-bond donors (Lipinski definition) is 2. The first-order valence-electron chi connectivity index (χ1n) is 10.6. The number of amides is 1. The highest BCUT2D eigenvalue weighted by Gasteiger charge is 2.21. The fourth-order valence-corrected chi connectivity index (χ4v) is 4.03. The number of benzene rings is 2. The van der Waals surface area contributed by atoms with Gasteiger partial charge in [-0.3, -0.25) is 9.69 Å². The van der Waals surface area contributed by atoms with Crippen LogP contribution in [0.25, 0.3) is 11.0 Å². The quantitative estimate of drug-likeness (QED) is 0.671. The van der Waals surface area contributed by atoms with E-state index in [0.29, 0.717) is 13.0 Å². The molecule has 2 heterocycles. The summed E-state index contributed by atoms with van der Waals surface area (Å²) in [6, 6.07) is 12.3. The number of nitrogens with one attached hydrogen (secondary N) is 2. The fourth-order valence-electron chi connectivity index (χ4n) is 4.03. The van der Waals surface area contributed by atoms with Gasteiger partial charge in [0.25, 0.3) is 0 Å². The number of aryl methyl sites for hydroxylation is 2. The zero-order valence-corrected chi connectivity index (χ0v) is 18.2. The SMILES string of the molecule is Cc1ccc2c(c1)CN(CCC(=O)NC(C)c1nc3ccc(C)cc3[nH]1)CC(C)O2. The molecule has 30 heavy (non-hydrogen) atoms. The minimum atomic E-state index is -0.167. The summed E-state index contributed by atoms with van der Waals surface area (Å²) >= 11 is 0. The van der Waals surface area contributed by atoms with Crippen molar-refractivity contribution in [1.29, 1.82) is 0 Å². The molecule has 2 unspecified atom stereocenters. The Labute approximate surface area is 177 Å². The summed E-state index contributed by atoms with van der Waals surface area (Å²) in [4.78, 5) is 22.8. The maximum atomic E-state index is 12.6. The highest BCUT2D eigenvalue weighted by molar-refractivity contribution is 5.78. The number of H-pyrrole nitrogens is 1. The first kappa shape index (κ1) is 20.4. The third kappa shape index (κ3) is 4.65. The minimum Gasteiger partial charge on any atom is -0.489 e. The van der Waals surface area contributed by atoms with E-state index in [4.69, 9.17) is 4.74 Å². The molecule has 0 spiro atoms. The van der Waals surface area contributed by atoms with Crippen LogP contribution in [0, 0.1) is 13.8 Å². The monoisotopic (exact) mass is 406 g/mol. The van der Waals surface area contributed by atoms with Gasteiger partial charge in [-0.15, -0.1) is 0 Å². The van der Waals surface area contributed by atoms with E-state index in [1.807, 2.05) is 25.1 Å². The highest BCUT2D eigenvalue weighted by atomic mass is 16.5. The van der Waals surface area contributed by atoms with E-state index in [2.05, 4.69) is 59.2 Å². The van der Waals surface area contributed by atoms with Crippen molar-refractivity contribution in [3.63, 3.8) is 0 Å². The van der Waals surface area contributed by atoms with Gasteiger partial charge in [0.1, 0.15) is 17.7 Å². The Balaban J connectivity index is 1.35. The van der Waals surface area contributed by atoms with Gasteiger partial charge in [-0.25, -0.2) is 4.98 Å². The van der Waals surface area contributed by atoms with Gasteiger partial charge in [0.05, 0.1) is 17.1 Å². The van der Waals surface area contributed by atoms with Crippen LogP contribution in [-0.2, 0) is 11.3 Å². The third-order valence-corrected chi connectivity index (χ3v) is 5.55. The summed E-state index contributed by atoms with van der Waals surface area (Å²) in [7, 11) is 0. The normalized spacial score (nSPS) is 17.8. The average Bonchev–Trinajstić information content (AvgIpc) is 3.04. The summed E-state index contributed by atoms with van der Waals surface area (Å²) in [6.45, 7) is 10.5. The number of carbonyl (C=O) groups excluding carboxylic acids is 1. The molecule has 6 heteroatoms. The van der Waals surface area contributed by atoms with Gasteiger partial charge in [0.2, 0.25) is 5.91 Å². The Kier molecular flexibility index (Phi) is 5.77. The van der Waals surface area contributed by atoms with Crippen LogP contribution < -0.4 is 10.1 Å². The van der Waals surface area contributed by atoms with Gasteiger partial charge in [-0.1, -0.05) is 23.8 Å². The number of nitrogens with zero attached hydrogens (tertiary/aromatic N) is 2. The van der Waals surface area contributed by atoms with Crippen LogP contribution in [0.5, 0.6) is 5.75 Å². The molecular weight excluding hydrogens is 376 g/mol. The topological polar surface area (TPSA) is 70.2 Å². The molecule has 0 bridgehead atoms. The molecule has 158 valence electrons. The van der Waals surface area contributed by atoms with Gasteiger partial charge in [0.15, 0.2) is 0 Å². The zero-order valence-electron chi connectivity index (χ0n) is 18.2. The molecular formula is C24H30N4O2. The molecule has 0 aliphatic carbocycles.